The number of nitrogens with zero attached hydrogens (tertiary/aromatic N) is 1. The van der Waals surface area contributed by atoms with Gasteiger partial charge in [-0.3, -0.25) is 14.9 Å². The van der Waals surface area contributed by atoms with Crippen LogP contribution >= 0.6 is 0 Å². The Morgan fingerprint density at radius 2 is 2.05 bits per heavy atom. The highest BCUT2D eigenvalue weighted by atomic mass is 16.6. The third-order valence-corrected chi connectivity index (χ3v) is 5.55. The molecule has 1 N–H and O–H groups in total. The minimum absolute atomic E-state index is 0.0585. The minimum Gasteiger partial charge on any atom is -0.481 e. The lowest BCUT2D eigenvalue weighted by atomic mass is 9.45. The first kappa shape index (κ1) is 16.0. The first-order valence-electron chi connectivity index (χ1n) is 7.51. The molecule has 0 radical (unpaired) electrons. The van der Waals surface area contributed by atoms with Crippen molar-refractivity contribution in [2.45, 2.75) is 47.5 Å². The average molecular weight is 295 g/mol. The van der Waals surface area contributed by atoms with Gasteiger partial charge in [-0.15, -0.1) is 0 Å². The summed E-state index contributed by atoms with van der Waals surface area (Å²) in [5.41, 5.74) is 1.24. The van der Waals surface area contributed by atoms with Crippen LogP contribution in [0.5, 0.6) is 0 Å². The van der Waals surface area contributed by atoms with Crippen molar-refractivity contribution in [2.24, 2.45) is 28.6 Å². The molecule has 0 amide bonds. The Balaban J connectivity index is 2.49. The fourth-order valence-electron chi connectivity index (χ4n) is 5.11. The van der Waals surface area contributed by atoms with Crippen molar-refractivity contribution in [1.29, 1.82) is 0 Å². The Bertz CT molecular complexity index is 517. The van der Waals surface area contributed by atoms with Crippen LogP contribution < -0.4 is 0 Å². The molecule has 2 aliphatic carbocycles. The molecule has 0 aromatic carbocycles. The summed E-state index contributed by atoms with van der Waals surface area (Å²) in [6.07, 6.45) is 1.62. The van der Waals surface area contributed by atoms with Gasteiger partial charge >= 0.3 is 5.97 Å². The summed E-state index contributed by atoms with van der Waals surface area (Å²) in [6, 6.07) is 0. The third kappa shape index (κ3) is 2.36. The summed E-state index contributed by atoms with van der Waals surface area (Å²) in [4.78, 5) is 22.8. The molecular formula is C16H25NO4. The maximum Gasteiger partial charge on any atom is 0.307 e. The SMILES string of the molecule is CC1=C(C)[C@@H]2[C@H](C1)C[C@@]2(C[N+](=O)[O-])C(C(=O)O)C(C)(C)C. The Morgan fingerprint density at radius 3 is 2.43 bits per heavy atom. The van der Waals surface area contributed by atoms with Crippen molar-refractivity contribution < 1.29 is 14.8 Å². The van der Waals surface area contributed by atoms with Crippen molar-refractivity contribution in [3.05, 3.63) is 21.3 Å². The lowest BCUT2D eigenvalue weighted by Crippen LogP contribution is -2.60. The van der Waals surface area contributed by atoms with E-state index >= 15 is 0 Å². The highest BCUT2D eigenvalue weighted by molar-refractivity contribution is 5.73. The molecule has 0 aromatic rings. The largest absolute Gasteiger partial charge is 0.481 e. The summed E-state index contributed by atoms with van der Waals surface area (Å²) in [5, 5.41) is 21.0. The topological polar surface area (TPSA) is 80.4 Å². The van der Waals surface area contributed by atoms with Crippen LogP contribution in [0.2, 0.25) is 0 Å². The molecule has 0 saturated heterocycles. The highest BCUT2D eigenvalue weighted by Gasteiger charge is 2.66. The molecule has 0 spiro atoms. The van der Waals surface area contributed by atoms with Gasteiger partial charge in [0.15, 0.2) is 0 Å². The zero-order chi connectivity index (χ0) is 16.2. The van der Waals surface area contributed by atoms with E-state index in [1.165, 1.54) is 11.1 Å². The van der Waals surface area contributed by atoms with Crippen molar-refractivity contribution in [1.82, 2.24) is 0 Å². The van der Waals surface area contributed by atoms with Gasteiger partial charge in [-0.05, 0) is 43.9 Å². The first-order chi connectivity index (χ1) is 9.50. The van der Waals surface area contributed by atoms with Gasteiger partial charge in [-0.1, -0.05) is 31.9 Å². The van der Waals surface area contributed by atoms with Crippen LogP contribution in [0.15, 0.2) is 11.1 Å². The Labute approximate surface area is 125 Å². The molecule has 1 fully saturated rings. The van der Waals surface area contributed by atoms with Crippen molar-refractivity contribution in [3.8, 4) is 0 Å². The van der Waals surface area contributed by atoms with E-state index in [0.29, 0.717) is 12.3 Å². The number of carbonyl (C=O) groups is 1. The average Bonchev–Trinajstić information content (AvgIpc) is 2.45. The summed E-state index contributed by atoms with van der Waals surface area (Å²) < 4.78 is 0. The van der Waals surface area contributed by atoms with Crippen LogP contribution in [-0.2, 0) is 4.79 Å². The van der Waals surface area contributed by atoms with Gasteiger partial charge < -0.3 is 5.11 Å². The number of carboxylic acids is 1. The molecule has 5 nitrogen and oxygen atoms in total. The maximum absolute atomic E-state index is 11.9. The number of carboxylic acid groups (broad SMARTS) is 1. The maximum atomic E-state index is 11.9. The standard InChI is InChI=1S/C16H25NO4/c1-9-6-11-7-16(8-17(20)21,12(11)10(9)2)13(14(18)19)15(3,4)5/h11-13H,6-8H2,1-5H3,(H,18,19)/t11-,12-,13?,16+/m1/s1. The lowest BCUT2D eigenvalue weighted by Gasteiger charge is -2.56. The molecule has 1 saturated carbocycles. The van der Waals surface area contributed by atoms with Crippen molar-refractivity contribution in [3.63, 3.8) is 0 Å². The predicted octanol–water partition coefficient (Wildman–Crippen LogP) is 3.37. The zero-order valence-corrected chi connectivity index (χ0v) is 13.5. The van der Waals surface area contributed by atoms with E-state index in [1.807, 2.05) is 27.7 Å². The molecule has 4 atom stereocenters. The molecule has 0 bridgehead atoms. The summed E-state index contributed by atoms with van der Waals surface area (Å²) >= 11 is 0. The summed E-state index contributed by atoms with van der Waals surface area (Å²) in [7, 11) is 0. The van der Waals surface area contributed by atoms with Gasteiger partial charge in [0, 0.05) is 4.92 Å². The first-order valence-corrected chi connectivity index (χ1v) is 7.51. The van der Waals surface area contributed by atoms with Crippen LogP contribution in [0.1, 0.15) is 47.5 Å². The molecule has 0 heterocycles. The lowest BCUT2D eigenvalue weighted by molar-refractivity contribution is -0.510. The van der Waals surface area contributed by atoms with Gasteiger partial charge in [0.05, 0.1) is 11.3 Å². The fraction of sp³-hybridized carbons (Fsp3) is 0.812. The highest BCUT2D eigenvalue weighted by Crippen LogP contribution is 2.66. The van der Waals surface area contributed by atoms with E-state index in [2.05, 4.69) is 6.92 Å². The van der Waals surface area contributed by atoms with Crippen LogP contribution in [-0.4, -0.2) is 22.5 Å². The Hall–Kier alpha value is -1.39. The smallest absolute Gasteiger partial charge is 0.307 e. The van der Waals surface area contributed by atoms with E-state index in [-0.39, 0.29) is 17.4 Å². The molecule has 1 unspecified atom stereocenters. The molecule has 0 aliphatic heterocycles. The number of allylic oxidation sites excluding steroid dienone is 2. The second-order valence-electron chi connectivity index (χ2n) is 7.97. The molecule has 2 rings (SSSR count). The number of aliphatic carboxylic acids is 1. The summed E-state index contributed by atoms with van der Waals surface area (Å²) in [5.74, 6) is -1.14. The Morgan fingerprint density at radius 1 is 1.48 bits per heavy atom. The molecule has 118 valence electrons. The van der Waals surface area contributed by atoms with Crippen LogP contribution in [0.4, 0.5) is 0 Å². The van der Waals surface area contributed by atoms with Crippen LogP contribution in [0, 0.1) is 38.7 Å². The molecule has 2 aliphatic rings. The van der Waals surface area contributed by atoms with E-state index < -0.39 is 22.7 Å². The zero-order valence-electron chi connectivity index (χ0n) is 13.5. The number of hydrogen-bond acceptors (Lipinski definition) is 3. The van der Waals surface area contributed by atoms with Crippen molar-refractivity contribution in [2.75, 3.05) is 6.54 Å². The van der Waals surface area contributed by atoms with Gasteiger partial charge in [0.1, 0.15) is 0 Å². The molecule has 5 heteroatoms. The van der Waals surface area contributed by atoms with E-state index in [0.717, 1.165) is 6.42 Å². The quantitative estimate of drug-likeness (QED) is 0.490. The normalized spacial score (nSPS) is 33.4. The monoisotopic (exact) mass is 295 g/mol. The van der Waals surface area contributed by atoms with E-state index in [4.69, 9.17) is 0 Å². The number of nitro groups is 1. The van der Waals surface area contributed by atoms with Gasteiger partial charge in [-0.2, -0.15) is 0 Å². The van der Waals surface area contributed by atoms with Crippen LogP contribution in [0.3, 0.4) is 0 Å². The molecule has 0 aromatic heterocycles. The predicted molar refractivity (Wildman–Crippen MR) is 79.5 cm³/mol. The van der Waals surface area contributed by atoms with Gasteiger partial charge in [-0.25, -0.2) is 0 Å². The number of rotatable bonds is 4. The van der Waals surface area contributed by atoms with E-state index in [1.54, 1.807) is 0 Å². The van der Waals surface area contributed by atoms with Gasteiger partial charge in [0.25, 0.3) is 0 Å². The number of fused-ring (bicyclic) bond motifs is 1. The Kier molecular flexibility index (Phi) is 3.67. The second kappa shape index (κ2) is 4.82. The summed E-state index contributed by atoms with van der Waals surface area (Å²) in [6.45, 7) is 9.48. The van der Waals surface area contributed by atoms with Crippen LogP contribution in [0.25, 0.3) is 0 Å². The molecular weight excluding hydrogens is 270 g/mol. The van der Waals surface area contributed by atoms with Gasteiger partial charge in [0.2, 0.25) is 6.54 Å². The van der Waals surface area contributed by atoms with Crippen molar-refractivity contribution >= 4 is 5.97 Å². The third-order valence-electron chi connectivity index (χ3n) is 5.55. The minimum atomic E-state index is -0.903. The molecule has 21 heavy (non-hydrogen) atoms. The fourth-order valence-corrected chi connectivity index (χ4v) is 5.11. The van der Waals surface area contributed by atoms with E-state index in [9.17, 15) is 20.0 Å². The number of hydrogen-bond donors (Lipinski definition) is 1. The second-order valence-corrected chi connectivity index (χ2v) is 7.97.